The Hall–Kier alpha value is -2.47. The summed E-state index contributed by atoms with van der Waals surface area (Å²) in [6.07, 6.45) is 4.39. The van der Waals surface area contributed by atoms with Crippen molar-refractivity contribution in [2.75, 3.05) is 6.54 Å². The summed E-state index contributed by atoms with van der Waals surface area (Å²) in [5.74, 6) is -0.0348. The zero-order valence-corrected chi connectivity index (χ0v) is 13.7. The Morgan fingerprint density at radius 2 is 2.17 bits per heavy atom. The number of carbonyl (C=O) groups excluding carboxylic acids is 1. The van der Waals surface area contributed by atoms with E-state index >= 15 is 0 Å². The molecule has 23 heavy (non-hydrogen) atoms. The van der Waals surface area contributed by atoms with Gasteiger partial charge in [0.2, 0.25) is 5.91 Å². The second-order valence-electron chi connectivity index (χ2n) is 5.26. The lowest BCUT2D eigenvalue weighted by Gasteiger charge is -2.07. The minimum Gasteiger partial charge on any atom is -0.354 e. The van der Waals surface area contributed by atoms with Gasteiger partial charge in [0.1, 0.15) is 17.2 Å². The molecule has 1 N–H and O–H groups in total. The molecule has 0 aliphatic heterocycles. The van der Waals surface area contributed by atoms with Crippen LogP contribution in [0.3, 0.4) is 0 Å². The van der Waals surface area contributed by atoms with E-state index in [1.54, 1.807) is 17.1 Å². The van der Waals surface area contributed by atoms with E-state index in [1.807, 2.05) is 23.6 Å². The van der Waals surface area contributed by atoms with E-state index in [2.05, 4.69) is 34.5 Å². The molecular weight excluding hydrogens is 308 g/mol. The first-order valence-electron chi connectivity index (χ1n) is 7.47. The standard InChI is InChI=1S/C17H18N4OS/c1-13-4-2-3-5-14(13)6-8-18-16(22)12-21-10-7-15(20-21)17-19-9-11-23-17/h2-5,7,9-11H,6,8,12H2,1H3,(H,18,22). The third-order valence-electron chi connectivity index (χ3n) is 3.58. The zero-order valence-electron chi connectivity index (χ0n) is 12.9. The van der Waals surface area contributed by atoms with Crippen molar-refractivity contribution in [1.82, 2.24) is 20.1 Å². The Morgan fingerprint density at radius 1 is 1.30 bits per heavy atom. The van der Waals surface area contributed by atoms with Gasteiger partial charge in [-0.25, -0.2) is 4.98 Å². The molecule has 1 aromatic carbocycles. The average molecular weight is 326 g/mol. The fourth-order valence-electron chi connectivity index (χ4n) is 2.34. The molecule has 0 saturated heterocycles. The largest absolute Gasteiger partial charge is 0.354 e. The van der Waals surface area contributed by atoms with E-state index in [4.69, 9.17) is 0 Å². The highest BCUT2D eigenvalue weighted by molar-refractivity contribution is 7.13. The van der Waals surface area contributed by atoms with Gasteiger partial charge in [0.25, 0.3) is 0 Å². The van der Waals surface area contributed by atoms with Crippen molar-refractivity contribution in [3.05, 3.63) is 59.2 Å². The molecular formula is C17H18N4OS. The van der Waals surface area contributed by atoms with Crippen LogP contribution in [-0.2, 0) is 17.8 Å². The summed E-state index contributed by atoms with van der Waals surface area (Å²) in [4.78, 5) is 16.2. The van der Waals surface area contributed by atoms with E-state index in [-0.39, 0.29) is 12.5 Å². The number of nitrogens with one attached hydrogen (secondary N) is 1. The van der Waals surface area contributed by atoms with Crippen molar-refractivity contribution >= 4 is 17.2 Å². The van der Waals surface area contributed by atoms with Crippen LogP contribution >= 0.6 is 11.3 Å². The highest BCUT2D eigenvalue weighted by atomic mass is 32.1. The minimum atomic E-state index is -0.0348. The quantitative estimate of drug-likeness (QED) is 0.757. The highest BCUT2D eigenvalue weighted by Crippen LogP contribution is 2.18. The molecule has 2 heterocycles. The van der Waals surface area contributed by atoms with Gasteiger partial charge in [-0.15, -0.1) is 11.3 Å². The molecule has 2 aromatic heterocycles. The molecule has 3 rings (SSSR count). The minimum absolute atomic E-state index is 0.0348. The van der Waals surface area contributed by atoms with E-state index < -0.39 is 0 Å². The summed E-state index contributed by atoms with van der Waals surface area (Å²) < 4.78 is 1.64. The van der Waals surface area contributed by atoms with Gasteiger partial charge >= 0.3 is 0 Å². The van der Waals surface area contributed by atoms with Gasteiger partial charge in [0.05, 0.1) is 0 Å². The summed E-state index contributed by atoms with van der Waals surface area (Å²) in [5.41, 5.74) is 3.31. The molecule has 3 aromatic rings. The molecule has 0 bridgehead atoms. The number of thiazole rings is 1. The van der Waals surface area contributed by atoms with E-state index in [1.165, 1.54) is 22.5 Å². The van der Waals surface area contributed by atoms with Crippen LogP contribution < -0.4 is 5.32 Å². The Labute approximate surface area is 139 Å². The number of carbonyl (C=O) groups is 1. The number of hydrogen-bond acceptors (Lipinski definition) is 4. The van der Waals surface area contributed by atoms with Gasteiger partial charge in [-0.1, -0.05) is 24.3 Å². The number of rotatable bonds is 6. The van der Waals surface area contributed by atoms with Crippen LogP contribution in [0.2, 0.25) is 0 Å². The number of nitrogens with zero attached hydrogens (tertiary/aromatic N) is 3. The van der Waals surface area contributed by atoms with Gasteiger partial charge in [-0.2, -0.15) is 5.10 Å². The third kappa shape index (κ3) is 4.04. The molecule has 118 valence electrons. The molecule has 5 nitrogen and oxygen atoms in total. The van der Waals surface area contributed by atoms with Crippen molar-refractivity contribution in [3.8, 4) is 10.7 Å². The molecule has 0 spiro atoms. The lowest BCUT2D eigenvalue weighted by molar-refractivity contribution is -0.121. The second-order valence-corrected chi connectivity index (χ2v) is 6.16. The summed E-state index contributed by atoms with van der Waals surface area (Å²) in [7, 11) is 0. The number of benzene rings is 1. The summed E-state index contributed by atoms with van der Waals surface area (Å²) in [5, 5.41) is 10.1. The van der Waals surface area contributed by atoms with E-state index in [9.17, 15) is 4.79 Å². The summed E-state index contributed by atoms with van der Waals surface area (Å²) in [6, 6.07) is 10.1. The number of hydrogen-bond donors (Lipinski definition) is 1. The van der Waals surface area contributed by atoms with Crippen molar-refractivity contribution < 1.29 is 4.79 Å². The molecule has 0 fully saturated rings. The first-order valence-corrected chi connectivity index (χ1v) is 8.35. The first-order chi connectivity index (χ1) is 11.2. The average Bonchev–Trinajstić information content (AvgIpc) is 3.20. The van der Waals surface area contributed by atoms with Crippen LogP contribution in [-0.4, -0.2) is 27.2 Å². The molecule has 0 unspecified atom stereocenters. The molecule has 0 aliphatic rings. The molecule has 0 radical (unpaired) electrons. The van der Waals surface area contributed by atoms with E-state index in [0.717, 1.165) is 17.1 Å². The van der Waals surface area contributed by atoms with Crippen LogP contribution in [0.15, 0.2) is 48.1 Å². The van der Waals surface area contributed by atoms with Crippen molar-refractivity contribution in [2.45, 2.75) is 19.9 Å². The maximum absolute atomic E-state index is 12.0. The van der Waals surface area contributed by atoms with Gasteiger partial charge in [-0.3, -0.25) is 9.48 Å². The summed E-state index contributed by atoms with van der Waals surface area (Å²) in [6.45, 7) is 2.93. The normalized spacial score (nSPS) is 10.7. The van der Waals surface area contributed by atoms with Gasteiger partial charge in [0.15, 0.2) is 0 Å². The Morgan fingerprint density at radius 3 is 2.96 bits per heavy atom. The fraction of sp³-hybridized carbons (Fsp3) is 0.235. The summed E-state index contributed by atoms with van der Waals surface area (Å²) >= 11 is 1.53. The fourth-order valence-corrected chi connectivity index (χ4v) is 2.95. The Balaban J connectivity index is 1.49. The number of amides is 1. The molecule has 0 aliphatic carbocycles. The molecule has 6 heteroatoms. The molecule has 0 atom stereocenters. The molecule has 1 amide bonds. The lowest BCUT2D eigenvalue weighted by atomic mass is 10.1. The van der Waals surface area contributed by atoms with Gasteiger partial charge in [0, 0.05) is 24.3 Å². The predicted octanol–water partition coefficient (Wildman–Crippen LogP) is 2.67. The van der Waals surface area contributed by atoms with Crippen LogP contribution in [0.5, 0.6) is 0 Å². The zero-order chi connectivity index (χ0) is 16.1. The van der Waals surface area contributed by atoms with Crippen LogP contribution in [0.4, 0.5) is 0 Å². The SMILES string of the molecule is Cc1ccccc1CCNC(=O)Cn1ccc(-c2nccs2)n1. The number of aromatic nitrogens is 3. The Kier molecular flexibility index (Phi) is 4.83. The molecule has 0 saturated carbocycles. The van der Waals surface area contributed by atoms with Crippen molar-refractivity contribution in [3.63, 3.8) is 0 Å². The van der Waals surface area contributed by atoms with E-state index in [0.29, 0.717) is 6.54 Å². The highest BCUT2D eigenvalue weighted by Gasteiger charge is 2.07. The first kappa shape index (κ1) is 15.4. The smallest absolute Gasteiger partial charge is 0.241 e. The Bertz CT molecular complexity index is 780. The predicted molar refractivity (Wildman–Crippen MR) is 91.2 cm³/mol. The lowest BCUT2D eigenvalue weighted by Crippen LogP contribution is -2.29. The maximum atomic E-state index is 12.0. The second kappa shape index (κ2) is 7.19. The van der Waals surface area contributed by atoms with Crippen LogP contribution in [0.25, 0.3) is 10.7 Å². The number of aryl methyl sites for hydroxylation is 1. The third-order valence-corrected chi connectivity index (χ3v) is 4.37. The van der Waals surface area contributed by atoms with Crippen LogP contribution in [0.1, 0.15) is 11.1 Å². The van der Waals surface area contributed by atoms with Gasteiger partial charge < -0.3 is 5.32 Å². The maximum Gasteiger partial charge on any atom is 0.241 e. The topological polar surface area (TPSA) is 59.8 Å². The van der Waals surface area contributed by atoms with Crippen molar-refractivity contribution in [1.29, 1.82) is 0 Å². The van der Waals surface area contributed by atoms with Crippen molar-refractivity contribution in [2.24, 2.45) is 0 Å². The van der Waals surface area contributed by atoms with Gasteiger partial charge in [-0.05, 0) is 30.5 Å². The monoisotopic (exact) mass is 326 g/mol. The van der Waals surface area contributed by atoms with Crippen LogP contribution in [0, 0.1) is 6.92 Å².